The van der Waals surface area contributed by atoms with Crippen LogP contribution < -0.4 is 0 Å². The Morgan fingerprint density at radius 2 is 2.24 bits per heavy atom. The molecule has 0 bridgehead atoms. The number of allylic oxidation sites excluding steroid dienone is 2. The minimum absolute atomic E-state index is 0.665. The third-order valence-electron chi connectivity index (χ3n) is 3.17. The predicted octanol–water partition coefficient (Wildman–Crippen LogP) is 4.22. The van der Waals surface area contributed by atoms with Crippen LogP contribution in [0.5, 0.6) is 0 Å². The Hall–Kier alpha value is -0.700. The fourth-order valence-electron chi connectivity index (χ4n) is 2.39. The third kappa shape index (κ3) is 2.95. The third-order valence-corrected chi connectivity index (χ3v) is 3.86. The maximum absolute atomic E-state index is 4.55. The topological polar surface area (TPSA) is 17.8 Å². The van der Waals surface area contributed by atoms with Crippen LogP contribution in [0.3, 0.4) is 0 Å². The van der Waals surface area contributed by atoms with E-state index in [9.17, 15) is 0 Å². The van der Waals surface area contributed by atoms with E-state index in [0.717, 1.165) is 11.7 Å². The van der Waals surface area contributed by atoms with E-state index in [1.165, 1.54) is 37.0 Å². The van der Waals surface area contributed by atoms with Gasteiger partial charge in [0.1, 0.15) is 0 Å². The van der Waals surface area contributed by atoms with Gasteiger partial charge in [0.2, 0.25) is 0 Å². The second kappa shape index (κ2) is 5.76. The van der Waals surface area contributed by atoms with Crippen molar-refractivity contribution in [2.45, 2.75) is 51.2 Å². The highest BCUT2D eigenvalue weighted by atomic mass is 32.2. The summed E-state index contributed by atoms with van der Waals surface area (Å²) in [5.74, 6) is 0.665. The summed E-state index contributed by atoms with van der Waals surface area (Å²) in [4.78, 5) is 4.55. The number of nitrogens with zero attached hydrogens (tertiary/aromatic N) is 2. The smallest absolute Gasteiger partial charge is 0.168 e. The molecule has 1 aliphatic rings. The predicted molar refractivity (Wildman–Crippen MR) is 75.3 cm³/mol. The zero-order valence-corrected chi connectivity index (χ0v) is 11.9. The molecule has 2 rings (SSSR count). The molecule has 0 fully saturated rings. The van der Waals surface area contributed by atoms with E-state index in [2.05, 4.69) is 41.9 Å². The molecule has 0 unspecified atom stereocenters. The second-order valence-electron chi connectivity index (χ2n) is 5.11. The number of hydrogen-bond donors (Lipinski definition) is 0. The summed E-state index contributed by atoms with van der Waals surface area (Å²) in [6.45, 7) is 5.61. The first-order valence-corrected chi connectivity index (χ1v) is 7.73. The van der Waals surface area contributed by atoms with Gasteiger partial charge in [0.15, 0.2) is 5.16 Å². The normalized spacial score (nSPS) is 16.4. The Labute approximate surface area is 109 Å². The van der Waals surface area contributed by atoms with Crippen molar-refractivity contribution in [1.29, 1.82) is 0 Å². The van der Waals surface area contributed by atoms with Crippen molar-refractivity contribution >= 4 is 17.3 Å². The summed E-state index contributed by atoms with van der Waals surface area (Å²) in [6, 6.07) is 0. The summed E-state index contributed by atoms with van der Waals surface area (Å²) in [7, 11) is 0. The van der Waals surface area contributed by atoms with Gasteiger partial charge in [0.05, 0.1) is 11.9 Å². The van der Waals surface area contributed by atoms with E-state index in [1.54, 1.807) is 11.8 Å². The van der Waals surface area contributed by atoms with Gasteiger partial charge in [-0.1, -0.05) is 31.7 Å². The average molecular weight is 250 g/mol. The molecule has 0 aromatic carbocycles. The first kappa shape index (κ1) is 12.7. The molecule has 1 aliphatic carbocycles. The van der Waals surface area contributed by atoms with E-state index in [-0.39, 0.29) is 0 Å². The van der Waals surface area contributed by atoms with Gasteiger partial charge in [-0.2, -0.15) is 0 Å². The molecule has 94 valence electrons. The lowest BCUT2D eigenvalue weighted by Crippen LogP contribution is -2.09. The van der Waals surface area contributed by atoms with Gasteiger partial charge in [-0.05, 0) is 43.4 Å². The zero-order valence-electron chi connectivity index (χ0n) is 11.1. The molecule has 1 aromatic rings. The molecule has 1 aromatic heterocycles. The number of hydrogen-bond acceptors (Lipinski definition) is 2. The van der Waals surface area contributed by atoms with Crippen LogP contribution in [0.4, 0.5) is 0 Å². The summed E-state index contributed by atoms with van der Waals surface area (Å²) < 4.78 is 2.40. The van der Waals surface area contributed by atoms with Gasteiger partial charge >= 0.3 is 0 Å². The molecule has 1 heterocycles. The van der Waals surface area contributed by atoms with E-state index in [4.69, 9.17) is 0 Å². The van der Waals surface area contributed by atoms with Crippen molar-refractivity contribution in [2.75, 3.05) is 6.26 Å². The van der Waals surface area contributed by atoms with Crippen LogP contribution >= 0.6 is 11.8 Å². The second-order valence-corrected chi connectivity index (χ2v) is 5.88. The van der Waals surface area contributed by atoms with Crippen molar-refractivity contribution in [1.82, 2.24) is 9.55 Å². The maximum atomic E-state index is 4.55. The highest BCUT2D eigenvalue weighted by molar-refractivity contribution is 7.98. The molecule has 0 N–H and O–H groups in total. The number of rotatable bonds is 4. The minimum Gasteiger partial charge on any atom is -0.319 e. The SMILES string of the molecule is CSc1ncc(C2=CCCCC2)n1CC(C)C. The summed E-state index contributed by atoms with van der Waals surface area (Å²) in [6.07, 6.45) is 11.7. The molecule has 3 heteroatoms. The van der Waals surface area contributed by atoms with Crippen molar-refractivity contribution in [3.05, 3.63) is 18.0 Å². The molecule has 17 heavy (non-hydrogen) atoms. The number of aromatic nitrogens is 2. The minimum atomic E-state index is 0.665. The maximum Gasteiger partial charge on any atom is 0.168 e. The van der Waals surface area contributed by atoms with E-state index in [0.29, 0.717) is 5.92 Å². The van der Waals surface area contributed by atoms with Crippen molar-refractivity contribution in [2.24, 2.45) is 5.92 Å². The van der Waals surface area contributed by atoms with Gasteiger partial charge in [-0.15, -0.1) is 0 Å². The first-order chi connectivity index (χ1) is 8.22. The molecule has 0 amide bonds. The van der Waals surface area contributed by atoms with Crippen molar-refractivity contribution < 1.29 is 0 Å². The number of imidazole rings is 1. The fraction of sp³-hybridized carbons (Fsp3) is 0.643. The van der Waals surface area contributed by atoms with Crippen LogP contribution in [0.1, 0.15) is 45.2 Å². The van der Waals surface area contributed by atoms with Gasteiger partial charge in [-0.25, -0.2) is 4.98 Å². The largest absolute Gasteiger partial charge is 0.319 e. The molecule has 0 aliphatic heterocycles. The highest BCUT2D eigenvalue weighted by Gasteiger charge is 2.15. The Bertz CT molecular complexity index is 404. The average Bonchev–Trinajstić information content (AvgIpc) is 2.72. The van der Waals surface area contributed by atoms with Gasteiger partial charge in [0, 0.05) is 6.54 Å². The Morgan fingerprint density at radius 1 is 1.41 bits per heavy atom. The molecular weight excluding hydrogens is 228 g/mol. The summed E-state index contributed by atoms with van der Waals surface area (Å²) in [5.41, 5.74) is 2.85. The van der Waals surface area contributed by atoms with Gasteiger partial charge < -0.3 is 4.57 Å². The van der Waals surface area contributed by atoms with Crippen LogP contribution in [0.2, 0.25) is 0 Å². The lowest BCUT2D eigenvalue weighted by molar-refractivity contribution is 0.490. The molecule has 2 nitrogen and oxygen atoms in total. The molecule has 0 spiro atoms. The van der Waals surface area contributed by atoms with Crippen LogP contribution in [0.15, 0.2) is 17.4 Å². The Kier molecular flexibility index (Phi) is 4.32. The summed E-state index contributed by atoms with van der Waals surface area (Å²) >= 11 is 1.75. The van der Waals surface area contributed by atoms with Crippen LogP contribution in [-0.4, -0.2) is 15.8 Å². The zero-order chi connectivity index (χ0) is 12.3. The molecule has 0 saturated heterocycles. The Balaban J connectivity index is 2.32. The molecule has 0 atom stereocenters. The molecule has 0 saturated carbocycles. The number of thioether (sulfide) groups is 1. The Morgan fingerprint density at radius 3 is 2.82 bits per heavy atom. The van der Waals surface area contributed by atoms with Gasteiger partial charge in [-0.3, -0.25) is 0 Å². The van der Waals surface area contributed by atoms with E-state index in [1.807, 2.05) is 0 Å². The highest BCUT2D eigenvalue weighted by Crippen LogP contribution is 2.29. The molecule has 0 radical (unpaired) electrons. The van der Waals surface area contributed by atoms with Crippen molar-refractivity contribution in [3.8, 4) is 0 Å². The first-order valence-electron chi connectivity index (χ1n) is 6.51. The standard InChI is InChI=1S/C14H22N2S/c1-11(2)10-16-13(9-15-14(16)17-3)12-7-5-4-6-8-12/h7,9,11H,4-6,8,10H2,1-3H3. The van der Waals surface area contributed by atoms with Crippen LogP contribution in [0, 0.1) is 5.92 Å². The van der Waals surface area contributed by atoms with Gasteiger partial charge in [0.25, 0.3) is 0 Å². The van der Waals surface area contributed by atoms with E-state index >= 15 is 0 Å². The van der Waals surface area contributed by atoms with E-state index < -0.39 is 0 Å². The van der Waals surface area contributed by atoms with Crippen molar-refractivity contribution in [3.63, 3.8) is 0 Å². The lowest BCUT2D eigenvalue weighted by Gasteiger charge is -2.17. The lowest BCUT2D eigenvalue weighted by atomic mass is 9.97. The van der Waals surface area contributed by atoms with Crippen LogP contribution in [0.25, 0.3) is 5.57 Å². The molecular formula is C14H22N2S. The quantitative estimate of drug-likeness (QED) is 0.745. The fourth-order valence-corrected chi connectivity index (χ4v) is 2.94. The monoisotopic (exact) mass is 250 g/mol. The summed E-state index contributed by atoms with van der Waals surface area (Å²) in [5, 5.41) is 1.15. The van der Waals surface area contributed by atoms with Crippen LogP contribution in [-0.2, 0) is 6.54 Å².